The Kier molecular flexibility index (Phi) is 13.0. The number of hydrogen-bond donors (Lipinski definition) is 3. The number of benzene rings is 2. The standard InChI is InChI=1S/C30H29Cl2F3N8O4.C2H4O2/c1-47-29(46)42(30(33,34)35)15-23-28(45)36-11-4-2-3-8-24(18-6-5-7-20(12-18)38-23)41-17-37-22(14-27(41)44)21-13-19(31)9-10-25(21)43-16-26(32)39-40-43;1-2(3)4/h5-7,9-10,12-14,16-17,23-24,38H,2-4,8,11,15H2,1H3,(H,36,45);1H3,(H,3,4)/t23-,24+;/m1./s1. The van der Waals surface area contributed by atoms with Crippen molar-refractivity contribution in [1.82, 2.24) is 34.8 Å². The molecule has 3 N–H and O–H groups in total. The van der Waals surface area contributed by atoms with Crippen LogP contribution in [-0.2, 0) is 14.3 Å². The Balaban J connectivity index is 0.00000138. The number of alkyl halides is 3. The fraction of sp³-hybridized carbons (Fsp3) is 0.344. The molecule has 2 aromatic heterocycles. The number of nitrogens with one attached hydrogen (secondary N) is 2. The fourth-order valence-corrected chi connectivity index (χ4v) is 5.61. The number of methoxy groups -OCH3 is 1. The van der Waals surface area contributed by atoms with E-state index in [4.69, 9.17) is 33.1 Å². The van der Waals surface area contributed by atoms with Crippen LogP contribution in [0.1, 0.15) is 44.2 Å². The summed E-state index contributed by atoms with van der Waals surface area (Å²) in [5.74, 6) is -1.55. The number of aliphatic carboxylic acids is 1. The van der Waals surface area contributed by atoms with E-state index < -0.39 is 47.8 Å². The van der Waals surface area contributed by atoms with E-state index in [1.165, 1.54) is 27.8 Å². The topological polar surface area (TPSA) is 174 Å². The molecule has 19 heteroatoms. The van der Waals surface area contributed by atoms with Crippen LogP contribution in [0.15, 0.2) is 65.8 Å². The summed E-state index contributed by atoms with van der Waals surface area (Å²) in [6.07, 6.45) is -1.38. The van der Waals surface area contributed by atoms with Gasteiger partial charge in [0.2, 0.25) is 5.91 Å². The first-order valence-electron chi connectivity index (χ1n) is 15.4. The molecule has 4 aromatic rings. The van der Waals surface area contributed by atoms with Crippen LogP contribution in [0.2, 0.25) is 10.2 Å². The van der Waals surface area contributed by atoms with Gasteiger partial charge in [-0.2, -0.15) is 0 Å². The summed E-state index contributed by atoms with van der Waals surface area (Å²) in [7, 11) is 0.826. The highest BCUT2D eigenvalue weighted by atomic mass is 35.5. The lowest BCUT2D eigenvalue weighted by Gasteiger charge is -2.28. The first kappa shape index (κ1) is 38.6. The lowest BCUT2D eigenvalue weighted by atomic mass is 9.99. The van der Waals surface area contributed by atoms with Crippen molar-refractivity contribution in [2.24, 2.45) is 0 Å². The molecule has 1 aliphatic rings. The summed E-state index contributed by atoms with van der Waals surface area (Å²) in [6.45, 7) is 0.255. The minimum Gasteiger partial charge on any atom is -0.481 e. The number of amides is 2. The Labute approximate surface area is 299 Å². The maximum atomic E-state index is 13.7. The molecule has 2 atom stereocenters. The van der Waals surface area contributed by atoms with Gasteiger partial charge in [-0.3, -0.25) is 19.0 Å². The van der Waals surface area contributed by atoms with E-state index in [-0.39, 0.29) is 17.3 Å². The van der Waals surface area contributed by atoms with Crippen LogP contribution in [0.3, 0.4) is 0 Å². The van der Waals surface area contributed by atoms with E-state index in [0.717, 1.165) is 14.0 Å². The SMILES string of the molecule is CC(=O)O.COC(=O)N(C[C@H]1Nc2cccc(c2)[C@@H](n2cnc(-c3cc(Cl)ccc3-n3cc(Cl)nn3)cc2=O)CCCCCNC1=O)C(F)(F)F. The number of nitrogens with zero attached hydrogens (tertiary/aromatic N) is 6. The summed E-state index contributed by atoms with van der Waals surface area (Å²) >= 11 is 12.3. The van der Waals surface area contributed by atoms with Crippen molar-refractivity contribution in [2.45, 2.75) is 51.0 Å². The highest BCUT2D eigenvalue weighted by Crippen LogP contribution is 2.30. The van der Waals surface area contributed by atoms with E-state index in [9.17, 15) is 27.6 Å². The van der Waals surface area contributed by atoms with E-state index in [1.54, 1.807) is 42.5 Å². The zero-order valence-corrected chi connectivity index (χ0v) is 28.7. The summed E-state index contributed by atoms with van der Waals surface area (Å²) in [4.78, 5) is 51.8. The lowest BCUT2D eigenvalue weighted by Crippen LogP contribution is -2.53. The van der Waals surface area contributed by atoms with Crippen LogP contribution >= 0.6 is 23.2 Å². The highest BCUT2D eigenvalue weighted by molar-refractivity contribution is 6.31. The second kappa shape index (κ2) is 17.2. The van der Waals surface area contributed by atoms with Crippen LogP contribution < -0.4 is 16.2 Å². The largest absolute Gasteiger partial charge is 0.489 e. The molecule has 0 spiro atoms. The van der Waals surface area contributed by atoms with E-state index in [1.807, 2.05) is 0 Å². The van der Waals surface area contributed by atoms with Gasteiger partial charge in [-0.05, 0) is 48.7 Å². The molecule has 0 unspecified atom stereocenters. The first-order chi connectivity index (χ1) is 24.2. The van der Waals surface area contributed by atoms with Crippen molar-refractivity contribution in [3.8, 4) is 16.9 Å². The summed E-state index contributed by atoms with van der Waals surface area (Å²) in [5, 5.41) is 21.3. The molecule has 0 aliphatic carbocycles. The first-order valence-corrected chi connectivity index (χ1v) is 16.2. The minimum absolute atomic E-state index is 0.178. The van der Waals surface area contributed by atoms with Crippen molar-refractivity contribution >= 4 is 46.9 Å². The van der Waals surface area contributed by atoms with Gasteiger partial charge in [0.25, 0.3) is 11.5 Å². The third-order valence-electron chi connectivity index (χ3n) is 7.57. The molecule has 0 saturated carbocycles. The number of halogens is 5. The van der Waals surface area contributed by atoms with Crippen LogP contribution in [0, 0.1) is 0 Å². The fourth-order valence-electron chi connectivity index (χ4n) is 5.31. The smallest absolute Gasteiger partial charge is 0.481 e. The van der Waals surface area contributed by atoms with Gasteiger partial charge in [-0.25, -0.2) is 19.4 Å². The monoisotopic (exact) mass is 752 g/mol. The number of carbonyl (C=O) groups is 3. The van der Waals surface area contributed by atoms with Crippen LogP contribution in [-0.4, -0.2) is 85.1 Å². The normalized spacial score (nSPS) is 16.5. The average Bonchev–Trinajstić information content (AvgIpc) is 3.51. The van der Waals surface area contributed by atoms with Crippen molar-refractivity contribution in [3.05, 3.63) is 87.1 Å². The maximum Gasteiger partial charge on any atom is 0.489 e. The molecule has 0 saturated heterocycles. The van der Waals surface area contributed by atoms with Gasteiger partial charge >= 0.3 is 12.4 Å². The molecule has 272 valence electrons. The van der Waals surface area contributed by atoms with Crippen LogP contribution in [0.4, 0.5) is 23.7 Å². The molecular weight excluding hydrogens is 720 g/mol. The number of carboxylic acid groups (broad SMARTS) is 1. The van der Waals surface area contributed by atoms with Gasteiger partial charge < -0.3 is 20.5 Å². The second-order valence-electron chi connectivity index (χ2n) is 11.2. The molecule has 1 aliphatic heterocycles. The minimum atomic E-state index is -5.09. The van der Waals surface area contributed by atoms with Crippen molar-refractivity contribution in [1.29, 1.82) is 0 Å². The summed E-state index contributed by atoms with van der Waals surface area (Å²) < 4.78 is 48.4. The molecule has 5 rings (SSSR count). The number of anilines is 1. The quantitative estimate of drug-likeness (QED) is 0.220. The number of carbonyl (C=O) groups excluding carboxylic acids is 2. The molecule has 2 amide bonds. The molecule has 14 nitrogen and oxygen atoms in total. The van der Waals surface area contributed by atoms with Crippen LogP contribution in [0.25, 0.3) is 16.9 Å². The number of rotatable bonds is 5. The molecule has 0 radical (unpaired) electrons. The Morgan fingerprint density at radius 2 is 1.84 bits per heavy atom. The van der Waals surface area contributed by atoms with Crippen molar-refractivity contribution < 1.29 is 37.4 Å². The van der Waals surface area contributed by atoms with E-state index in [2.05, 4.69) is 30.7 Å². The Hall–Kier alpha value is -5.16. The molecule has 2 bridgehead atoms. The Morgan fingerprint density at radius 3 is 2.49 bits per heavy atom. The van der Waals surface area contributed by atoms with Gasteiger partial charge in [0.05, 0.1) is 43.6 Å². The zero-order chi connectivity index (χ0) is 37.3. The van der Waals surface area contributed by atoms with E-state index >= 15 is 0 Å². The van der Waals surface area contributed by atoms with E-state index in [0.29, 0.717) is 58.9 Å². The predicted molar refractivity (Wildman–Crippen MR) is 181 cm³/mol. The third-order valence-corrected chi connectivity index (χ3v) is 7.98. The van der Waals surface area contributed by atoms with Crippen LogP contribution in [0.5, 0.6) is 0 Å². The van der Waals surface area contributed by atoms with Crippen molar-refractivity contribution in [3.63, 3.8) is 0 Å². The third kappa shape index (κ3) is 10.4. The zero-order valence-electron chi connectivity index (χ0n) is 27.2. The van der Waals surface area contributed by atoms with Gasteiger partial charge in [0.15, 0.2) is 5.15 Å². The van der Waals surface area contributed by atoms with Gasteiger partial charge in [-0.1, -0.05) is 53.4 Å². The predicted octanol–water partition coefficient (Wildman–Crippen LogP) is 5.54. The number of fused-ring (bicyclic) bond motifs is 2. The molecule has 3 heterocycles. The molecule has 51 heavy (non-hydrogen) atoms. The number of ether oxygens (including phenoxy) is 1. The summed E-state index contributed by atoms with van der Waals surface area (Å²) in [5.41, 5.74) is 2.01. The average molecular weight is 754 g/mol. The highest BCUT2D eigenvalue weighted by Gasteiger charge is 2.44. The second-order valence-corrected chi connectivity index (χ2v) is 12.0. The summed E-state index contributed by atoms with van der Waals surface area (Å²) in [6, 6.07) is 11.1. The lowest BCUT2D eigenvalue weighted by molar-refractivity contribution is -0.229. The molecule has 2 aromatic carbocycles. The number of hydrogen-bond acceptors (Lipinski definition) is 9. The Bertz CT molecular complexity index is 1920. The Morgan fingerprint density at radius 1 is 1.10 bits per heavy atom. The van der Waals surface area contributed by atoms with Gasteiger partial charge in [0, 0.05) is 35.8 Å². The maximum absolute atomic E-state index is 13.7. The van der Waals surface area contributed by atoms with Gasteiger partial charge in [0.1, 0.15) is 6.04 Å². The molecular formula is C32H33Cl2F3N8O6. The molecule has 0 fully saturated rings. The number of carboxylic acids is 1. The van der Waals surface area contributed by atoms with Crippen molar-refractivity contribution in [2.75, 3.05) is 25.5 Å². The van der Waals surface area contributed by atoms with Gasteiger partial charge in [-0.15, -0.1) is 18.3 Å². The number of aromatic nitrogens is 5.